The number of piperidine rings is 1. The topological polar surface area (TPSA) is 3.24 Å². The van der Waals surface area contributed by atoms with Gasteiger partial charge in [-0.25, -0.2) is 0 Å². The lowest BCUT2D eigenvalue weighted by Gasteiger charge is -2.34. The van der Waals surface area contributed by atoms with Crippen LogP contribution in [0.2, 0.25) is 0 Å². The molecule has 2 rings (SSSR count). The van der Waals surface area contributed by atoms with Crippen molar-refractivity contribution in [2.24, 2.45) is 0 Å². The van der Waals surface area contributed by atoms with Crippen LogP contribution in [0.5, 0.6) is 0 Å². The number of likely N-dealkylation sites (N-methyl/N-ethyl adjacent to an activating group) is 1. The van der Waals surface area contributed by atoms with Gasteiger partial charge in [0.15, 0.2) is 0 Å². The molecule has 1 heterocycles. The van der Waals surface area contributed by atoms with Gasteiger partial charge in [-0.2, -0.15) is 0 Å². The fraction of sp³-hybridized carbons (Fsp3) is 0.692. The van der Waals surface area contributed by atoms with Crippen molar-refractivity contribution in [2.75, 3.05) is 13.1 Å². The Morgan fingerprint density at radius 1 is 1.21 bits per heavy atom. The van der Waals surface area contributed by atoms with E-state index < -0.39 is 0 Å². The summed E-state index contributed by atoms with van der Waals surface area (Å²) in [5, 5.41) is 0. The molecule has 0 aromatic carbocycles. The minimum Gasteiger partial charge on any atom is -0.372 e. The predicted molar refractivity (Wildman–Crippen MR) is 63.2 cm³/mol. The second kappa shape index (κ2) is 5.90. The smallest absolute Gasteiger partial charge is 0.0355 e. The normalized spacial score (nSPS) is 20.1. The van der Waals surface area contributed by atoms with Gasteiger partial charge < -0.3 is 4.90 Å². The Balaban J connectivity index is 0.000000461. The van der Waals surface area contributed by atoms with Gasteiger partial charge in [0.2, 0.25) is 0 Å². The first kappa shape index (κ1) is 11.4. The highest BCUT2D eigenvalue weighted by atomic mass is 15.1. The van der Waals surface area contributed by atoms with Crippen molar-refractivity contribution < 1.29 is 0 Å². The molecule has 1 heteroatoms. The first-order valence-corrected chi connectivity index (χ1v) is 6.06. The lowest BCUT2D eigenvalue weighted by molar-refractivity contribution is 0.333. The number of rotatable bonds is 1. The Morgan fingerprint density at radius 2 is 1.93 bits per heavy atom. The van der Waals surface area contributed by atoms with E-state index in [1.807, 2.05) is 13.8 Å². The van der Waals surface area contributed by atoms with Crippen LogP contribution in [0.15, 0.2) is 23.4 Å². The van der Waals surface area contributed by atoms with Gasteiger partial charge in [0.1, 0.15) is 0 Å². The molecule has 0 bridgehead atoms. The summed E-state index contributed by atoms with van der Waals surface area (Å²) in [6, 6.07) is 0. The lowest BCUT2D eigenvalue weighted by atomic mass is 9.94. The van der Waals surface area contributed by atoms with E-state index in [-0.39, 0.29) is 0 Å². The first-order chi connectivity index (χ1) is 6.92. The standard InChI is InChI=1S/C11H17N.C2H6/c1-2-12-9-5-7-10-6-3-4-8-11(10)12;1-2/h6,8H,2-5,7,9H2,1H3;1-2H3. The number of likely N-dealkylation sites (tertiary alicyclic amines) is 1. The molecule has 0 aromatic rings. The molecule has 1 aliphatic heterocycles. The molecule has 0 saturated carbocycles. The summed E-state index contributed by atoms with van der Waals surface area (Å²) in [5.74, 6) is 0. The highest BCUT2D eigenvalue weighted by molar-refractivity contribution is 5.34. The summed E-state index contributed by atoms with van der Waals surface area (Å²) in [6.07, 6.45) is 10.0. The molecule has 1 saturated heterocycles. The fourth-order valence-corrected chi connectivity index (χ4v) is 2.18. The first-order valence-electron chi connectivity index (χ1n) is 6.06. The van der Waals surface area contributed by atoms with Gasteiger partial charge in [0.05, 0.1) is 0 Å². The molecule has 14 heavy (non-hydrogen) atoms. The monoisotopic (exact) mass is 193 g/mol. The van der Waals surface area contributed by atoms with E-state index in [9.17, 15) is 0 Å². The highest BCUT2D eigenvalue weighted by Crippen LogP contribution is 2.29. The van der Waals surface area contributed by atoms with Gasteiger partial charge >= 0.3 is 0 Å². The number of nitrogens with zero attached hydrogens (tertiary/aromatic N) is 1. The largest absolute Gasteiger partial charge is 0.372 e. The zero-order chi connectivity index (χ0) is 10.4. The van der Waals surface area contributed by atoms with E-state index in [1.54, 1.807) is 5.57 Å². The molecule has 2 aliphatic rings. The van der Waals surface area contributed by atoms with Crippen molar-refractivity contribution in [1.82, 2.24) is 4.90 Å². The number of fused-ring (bicyclic) bond motifs is 1. The Kier molecular flexibility index (Phi) is 4.78. The van der Waals surface area contributed by atoms with Crippen molar-refractivity contribution >= 4 is 0 Å². The molecular formula is C13H23N. The molecule has 80 valence electrons. The van der Waals surface area contributed by atoms with Crippen molar-refractivity contribution in [3.8, 4) is 0 Å². The van der Waals surface area contributed by atoms with Crippen molar-refractivity contribution in [3.05, 3.63) is 23.4 Å². The highest BCUT2D eigenvalue weighted by Gasteiger charge is 2.18. The minimum absolute atomic E-state index is 1.17. The summed E-state index contributed by atoms with van der Waals surface area (Å²) in [4.78, 5) is 2.51. The molecule has 0 radical (unpaired) electrons. The Morgan fingerprint density at radius 3 is 2.64 bits per heavy atom. The number of hydrogen-bond acceptors (Lipinski definition) is 1. The minimum atomic E-state index is 1.17. The average Bonchev–Trinajstić information content (AvgIpc) is 2.31. The molecular weight excluding hydrogens is 170 g/mol. The van der Waals surface area contributed by atoms with E-state index in [0.717, 1.165) is 0 Å². The van der Waals surface area contributed by atoms with Gasteiger partial charge in [0, 0.05) is 18.8 Å². The summed E-state index contributed by atoms with van der Waals surface area (Å²) in [5.41, 5.74) is 3.14. The maximum Gasteiger partial charge on any atom is 0.0355 e. The summed E-state index contributed by atoms with van der Waals surface area (Å²) in [7, 11) is 0. The van der Waals surface area contributed by atoms with E-state index in [2.05, 4.69) is 24.0 Å². The van der Waals surface area contributed by atoms with Gasteiger partial charge in [-0.05, 0) is 38.2 Å². The van der Waals surface area contributed by atoms with Crippen LogP contribution in [0.25, 0.3) is 0 Å². The van der Waals surface area contributed by atoms with Crippen molar-refractivity contribution in [1.29, 1.82) is 0 Å². The van der Waals surface area contributed by atoms with Crippen LogP contribution in [0.3, 0.4) is 0 Å². The van der Waals surface area contributed by atoms with Crippen LogP contribution in [0, 0.1) is 0 Å². The van der Waals surface area contributed by atoms with E-state index >= 15 is 0 Å². The molecule has 0 aromatic heterocycles. The third-order valence-corrected chi connectivity index (χ3v) is 2.82. The molecule has 0 spiro atoms. The Bertz CT molecular complexity index is 225. The third-order valence-electron chi connectivity index (χ3n) is 2.82. The molecule has 0 N–H and O–H groups in total. The molecule has 0 amide bonds. The molecule has 1 nitrogen and oxygen atoms in total. The van der Waals surface area contributed by atoms with E-state index in [4.69, 9.17) is 0 Å². The molecule has 0 atom stereocenters. The van der Waals surface area contributed by atoms with Gasteiger partial charge in [-0.1, -0.05) is 26.0 Å². The van der Waals surface area contributed by atoms with Crippen molar-refractivity contribution in [3.63, 3.8) is 0 Å². The Hall–Kier alpha value is -0.720. The molecule has 1 fully saturated rings. The SMILES string of the molecule is CC.CCN1CCCC2=CCCC=C21. The Labute approximate surface area is 88.5 Å². The number of hydrogen-bond donors (Lipinski definition) is 0. The zero-order valence-electron chi connectivity index (χ0n) is 9.84. The van der Waals surface area contributed by atoms with Crippen LogP contribution < -0.4 is 0 Å². The van der Waals surface area contributed by atoms with Crippen LogP contribution in [-0.4, -0.2) is 18.0 Å². The summed E-state index contributed by atoms with van der Waals surface area (Å²) in [6.45, 7) is 8.68. The van der Waals surface area contributed by atoms with E-state index in [1.165, 1.54) is 44.5 Å². The maximum atomic E-state index is 2.51. The summed E-state index contributed by atoms with van der Waals surface area (Å²) >= 11 is 0. The molecule has 0 unspecified atom stereocenters. The predicted octanol–water partition coefficient (Wildman–Crippen LogP) is 3.73. The van der Waals surface area contributed by atoms with Crippen LogP contribution in [-0.2, 0) is 0 Å². The van der Waals surface area contributed by atoms with Gasteiger partial charge in [0.25, 0.3) is 0 Å². The maximum absolute atomic E-state index is 2.51. The van der Waals surface area contributed by atoms with Gasteiger partial charge in [-0.3, -0.25) is 0 Å². The fourth-order valence-electron chi connectivity index (χ4n) is 2.18. The van der Waals surface area contributed by atoms with E-state index in [0.29, 0.717) is 0 Å². The average molecular weight is 193 g/mol. The van der Waals surface area contributed by atoms with Crippen molar-refractivity contribution in [2.45, 2.75) is 46.5 Å². The van der Waals surface area contributed by atoms with Gasteiger partial charge in [-0.15, -0.1) is 0 Å². The third kappa shape index (κ3) is 2.40. The lowest BCUT2D eigenvalue weighted by Crippen LogP contribution is -2.29. The van der Waals surface area contributed by atoms with Crippen LogP contribution >= 0.6 is 0 Å². The summed E-state index contributed by atoms with van der Waals surface area (Å²) < 4.78 is 0. The quantitative estimate of drug-likeness (QED) is 0.613. The molecule has 1 aliphatic carbocycles. The zero-order valence-corrected chi connectivity index (χ0v) is 9.84. The van der Waals surface area contributed by atoms with Crippen LogP contribution in [0.1, 0.15) is 46.5 Å². The second-order valence-corrected chi connectivity index (χ2v) is 3.58. The second-order valence-electron chi connectivity index (χ2n) is 3.58. The van der Waals surface area contributed by atoms with Crippen LogP contribution in [0.4, 0.5) is 0 Å². The number of allylic oxidation sites excluding steroid dienone is 3.